The molecule has 0 aliphatic heterocycles. The maximum absolute atomic E-state index is 10.6. The lowest BCUT2D eigenvalue weighted by atomic mass is 9.97. The van der Waals surface area contributed by atoms with E-state index in [1.807, 2.05) is 0 Å². The molecule has 68 valence electrons. The number of hydrogen-bond donors (Lipinski definition) is 0. The van der Waals surface area contributed by atoms with E-state index in [0.29, 0.717) is 22.4 Å². The zero-order valence-corrected chi connectivity index (χ0v) is 7.91. The lowest BCUT2D eigenvalue weighted by Gasteiger charge is -2.08. The van der Waals surface area contributed by atoms with Crippen molar-refractivity contribution in [1.29, 1.82) is 0 Å². The Morgan fingerprint density at radius 3 is 2.62 bits per heavy atom. The number of hydrogen-bond acceptors (Lipinski definition) is 2. The maximum Gasteiger partial charge on any atom is 0.150 e. The van der Waals surface area contributed by atoms with Crippen LogP contribution in [0.25, 0.3) is 0 Å². The smallest absolute Gasteiger partial charge is 0.150 e. The van der Waals surface area contributed by atoms with Gasteiger partial charge < -0.3 is 4.79 Å². The first-order valence-corrected chi connectivity index (χ1v) is 4.27. The van der Waals surface area contributed by atoms with Crippen molar-refractivity contribution in [1.82, 2.24) is 0 Å². The van der Waals surface area contributed by atoms with Crippen molar-refractivity contribution < 1.29 is 9.59 Å². The SMILES string of the molecule is CC(C=O)c1c(Cl)cccc1C=O. The molecule has 0 aromatic heterocycles. The highest BCUT2D eigenvalue weighted by molar-refractivity contribution is 6.32. The Morgan fingerprint density at radius 2 is 2.08 bits per heavy atom. The molecule has 0 fully saturated rings. The van der Waals surface area contributed by atoms with Crippen LogP contribution in [0.2, 0.25) is 5.02 Å². The van der Waals surface area contributed by atoms with E-state index in [1.54, 1.807) is 25.1 Å². The molecule has 0 saturated carbocycles. The topological polar surface area (TPSA) is 34.1 Å². The second kappa shape index (κ2) is 4.19. The second-order valence-electron chi connectivity index (χ2n) is 2.79. The average molecular weight is 197 g/mol. The van der Waals surface area contributed by atoms with Gasteiger partial charge in [0.2, 0.25) is 0 Å². The molecule has 13 heavy (non-hydrogen) atoms. The van der Waals surface area contributed by atoms with E-state index in [0.717, 1.165) is 6.29 Å². The molecule has 2 nitrogen and oxygen atoms in total. The van der Waals surface area contributed by atoms with Crippen molar-refractivity contribution in [3.8, 4) is 0 Å². The Bertz CT molecular complexity index is 334. The minimum atomic E-state index is -0.339. The van der Waals surface area contributed by atoms with Crippen LogP contribution in [0, 0.1) is 0 Å². The summed E-state index contributed by atoms with van der Waals surface area (Å²) < 4.78 is 0. The zero-order chi connectivity index (χ0) is 9.84. The van der Waals surface area contributed by atoms with E-state index in [2.05, 4.69) is 0 Å². The van der Waals surface area contributed by atoms with Crippen LogP contribution in [0.1, 0.15) is 28.8 Å². The lowest BCUT2D eigenvalue weighted by molar-refractivity contribution is -0.108. The minimum absolute atomic E-state index is 0.339. The Balaban J connectivity index is 3.29. The molecule has 0 heterocycles. The molecule has 0 amide bonds. The molecule has 0 spiro atoms. The van der Waals surface area contributed by atoms with Crippen molar-refractivity contribution in [2.75, 3.05) is 0 Å². The molecular formula is C10H9ClO2. The van der Waals surface area contributed by atoms with Gasteiger partial charge in [0.05, 0.1) is 0 Å². The zero-order valence-electron chi connectivity index (χ0n) is 7.16. The summed E-state index contributed by atoms with van der Waals surface area (Å²) in [5.41, 5.74) is 1.08. The summed E-state index contributed by atoms with van der Waals surface area (Å²) in [6, 6.07) is 5.01. The van der Waals surface area contributed by atoms with Crippen LogP contribution < -0.4 is 0 Å². The number of halogens is 1. The van der Waals surface area contributed by atoms with Crippen LogP contribution in [0.15, 0.2) is 18.2 Å². The van der Waals surface area contributed by atoms with Gasteiger partial charge in [-0.15, -0.1) is 0 Å². The first kappa shape index (κ1) is 9.93. The number of rotatable bonds is 3. The summed E-state index contributed by atoms with van der Waals surface area (Å²) in [6.45, 7) is 1.71. The largest absolute Gasteiger partial charge is 0.303 e. The molecule has 0 aliphatic carbocycles. The Morgan fingerprint density at radius 1 is 1.38 bits per heavy atom. The molecule has 1 atom stereocenters. The first-order valence-electron chi connectivity index (χ1n) is 3.89. The van der Waals surface area contributed by atoms with Gasteiger partial charge in [-0.25, -0.2) is 0 Å². The van der Waals surface area contributed by atoms with Crippen molar-refractivity contribution in [3.05, 3.63) is 34.3 Å². The fraction of sp³-hybridized carbons (Fsp3) is 0.200. The van der Waals surface area contributed by atoms with Gasteiger partial charge in [-0.3, -0.25) is 4.79 Å². The van der Waals surface area contributed by atoms with Crippen molar-refractivity contribution in [2.45, 2.75) is 12.8 Å². The summed E-state index contributed by atoms with van der Waals surface area (Å²) in [5.74, 6) is -0.339. The summed E-state index contributed by atoms with van der Waals surface area (Å²) >= 11 is 5.86. The van der Waals surface area contributed by atoms with Gasteiger partial charge in [-0.2, -0.15) is 0 Å². The molecule has 0 N–H and O–H groups in total. The van der Waals surface area contributed by atoms with Gasteiger partial charge in [0.25, 0.3) is 0 Å². The van der Waals surface area contributed by atoms with Gasteiger partial charge in [-0.05, 0) is 11.6 Å². The normalized spacial score (nSPS) is 12.2. The number of aldehydes is 2. The van der Waals surface area contributed by atoms with Crippen LogP contribution >= 0.6 is 11.6 Å². The molecule has 0 radical (unpaired) electrons. The third-order valence-corrected chi connectivity index (χ3v) is 2.20. The van der Waals surface area contributed by atoms with Gasteiger partial charge in [0, 0.05) is 16.5 Å². The highest BCUT2D eigenvalue weighted by Gasteiger charge is 2.12. The van der Waals surface area contributed by atoms with Crippen LogP contribution in [0.3, 0.4) is 0 Å². The molecule has 0 saturated heterocycles. The molecule has 1 unspecified atom stereocenters. The van der Waals surface area contributed by atoms with Crippen LogP contribution in [0.4, 0.5) is 0 Å². The molecular weight excluding hydrogens is 188 g/mol. The molecule has 1 rings (SSSR count). The van der Waals surface area contributed by atoms with Crippen LogP contribution in [-0.4, -0.2) is 12.6 Å². The van der Waals surface area contributed by atoms with E-state index in [-0.39, 0.29) is 5.92 Å². The molecule has 1 aromatic rings. The van der Waals surface area contributed by atoms with Gasteiger partial charge >= 0.3 is 0 Å². The van der Waals surface area contributed by atoms with Crippen molar-refractivity contribution in [2.24, 2.45) is 0 Å². The Labute approximate surface area is 81.5 Å². The van der Waals surface area contributed by atoms with E-state index < -0.39 is 0 Å². The number of carbonyl (C=O) groups excluding carboxylic acids is 2. The standard InChI is InChI=1S/C10H9ClO2/c1-7(5-12)10-8(6-13)3-2-4-9(10)11/h2-7H,1H3. The van der Waals surface area contributed by atoms with E-state index in [1.165, 1.54) is 0 Å². The molecule has 0 aliphatic rings. The van der Waals surface area contributed by atoms with E-state index in [9.17, 15) is 9.59 Å². The van der Waals surface area contributed by atoms with Gasteiger partial charge in [0.1, 0.15) is 12.6 Å². The molecule has 1 aromatic carbocycles. The Hall–Kier alpha value is -1.15. The quantitative estimate of drug-likeness (QED) is 0.696. The van der Waals surface area contributed by atoms with Gasteiger partial charge in [0.15, 0.2) is 0 Å². The first-order chi connectivity index (χ1) is 6.20. The summed E-state index contributed by atoms with van der Waals surface area (Å²) in [7, 11) is 0. The molecule has 0 bridgehead atoms. The number of benzene rings is 1. The third-order valence-electron chi connectivity index (χ3n) is 1.87. The lowest BCUT2D eigenvalue weighted by Crippen LogP contribution is -2.00. The predicted molar refractivity (Wildman–Crippen MR) is 51.3 cm³/mol. The predicted octanol–water partition coefficient (Wildman–Crippen LogP) is 2.45. The number of carbonyl (C=O) groups is 2. The van der Waals surface area contributed by atoms with E-state index >= 15 is 0 Å². The second-order valence-corrected chi connectivity index (χ2v) is 3.19. The fourth-order valence-electron chi connectivity index (χ4n) is 1.20. The summed E-state index contributed by atoms with van der Waals surface area (Å²) in [4.78, 5) is 21.2. The van der Waals surface area contributed by atoms with E-state index in [4.69, 9.17) is 11.6 Å². The Kier molecular flexibility index (Phi) is 3.20. The molecule has 3 heteroatoms. The monoisotopic (exact) mass is 196 g/mol. The van der Waals surface area contributed by atoms with Gasteiger partial charge in [-0.1, -0.05) is 30.7 Å². The highest BCUT2D eigenvalue weighted by atomic mass is 35.5. The average Bonchev–Trinajstić information content (AvgIpc) is 2.16. The summed E-state index contributed by atoms with van der Waals surface area (Å²) in [5, 5.41) is 0.462. The van der Waals surface area contributed by atoms with Crippen molar-refractivity contribution in [3.63, 3.8) is 0 Å². The fourth-order valence-corrected chi connectivity index (χ4v) is 1.56. The maximum atomic E-state index is 10.6. The minimum Gasteiger partial charge on any atom is -0.303 e. The van der Waals surface area contributed by atoms with Crippen LogP contribution in [-0.2, 0) is 4.79 Å². The van der Waals surface area contributed by atoms with Crippen LogP contribution in [0.5, 0.6) is 0 Å². The highest BCUT2D eigenvalue weighted by Crippen LogP contribution is 2.25. The summed E-state index contributed by atoms with van der Waals surface area (Å²) in [6.07, 6.45) is 1.48. The third kappa shape index (κ3) is 1.95. The van der Waals surface area contributed by atoms with Crippen molar-refractivity contribution >= 4 is 24.2 Å².